The van der Waals surface area contributed by atoms with E-state index < -0.39 is 10.1 Å². The van der Waals surface area contributed by atoms with Crippen LogP contribution in [0.15, 0.2) is 29.2 Å². The molecule has 0 atom stereocenters. The molecule has 0 aromatic heterocycles. The van der Waals surface area contributed by atoms with Gasteiger partial charge in [0.1, 0.15) is 0 Å². The number of hydrogen-bond donors (Lipinski definition) is 1. The molecular formula is C50H94O3S. The lowest BCUT2D eigenvalue weighted by atomic mass is 10.0. The maximum atomic E-state index is 11.5. The average Bonchev–Trinajstić information content (AvgIpc) is 3.16. The number of rotatable bonds is 44. The monoisotopic (exact) mass is 775 g/mol. The van der Waals surface area contributed by atoms with Crippen molar-refractivity contribution in [3.63, 3.8) is 0 Å². The van der Waals surface area contributed by atoms with Crippen LogP contribution in [0.2, 0.25) is 0 Å². The zero-order chi connectivity index (χ0) is 38.9. The molecule has 0 saturated carbocycles. The fraction of sp³-hybridized carbons (Fsp3) is 0.880. The highest BCUT2D eigenvalue weighted by Gasteiger charge is 2.13. The van der Waals surface area contributed by atoms with Crippen LogP contribution in [0.1, 0.15) is 282 Å². The van der Waals surface area contributed by atoms with Gasteiger partial charge in [0.2, 0.25) is 0 Å². The van der Waals surface area contributed by atoms with Crippen LogP contribution in [0.25, 0.3) is 0 Å². The molecule has 0 spiro atoms. The number of unbranched alkanes of at least 4 members (excludes halogenated alkanes) is 41. The molecule has 0 fully saturated rings. The Bertz CT molecular complexity index is 989. The number of aryl methyl sites for hydroxylation is 1. The van der Waals surface area contributed by atoms with E-state index in [1.807, 2.05) is 12.1 Å². The van der Waals surface area contributed by atoms with Gasteiger partial charge >= 0.3 is 0 Å². The van der Waals surface area contributed by atoms with E-state index in [4.69, 9.17) is 0 Å². The molecule has 1 aromatic carbocycles. The second-order valence-corrected chi connectivity index (χ2v) is 18.7. The van der Waals surface area contributed by atoms with E-state index in [1.165, 1.54) is 263 Å². The van der Waals surface area contributed by atoms with E-state index >= 15 is 0 Å². The van der Waals surface area contributed by atoms with Gasteiger partial charge in [0.05, 0.1) is 4.90 Å². The van der Waals surface area contributed by atoms with Crippen LogP contribution in [-0.4, -0.2) is 13.0 Å². The Morgan fingerprint density at radius 1 is 0.333 bits per heavy atom. The van der Waals surface area contributed by atoms with Crippen LogP contribution in [0, 0.1) is 0 Å². The van der Waals surface area contributed by atoms with Gasteiger partial charge in [-0.2, -0.15) is 8.42 Å². The minimum absolute atomic E-state index is 0.0713. The molecule has 1 aromatic rings. The molecule has 0 aliphatic heterocycles. The summed E-state index contributed by atoms with van der Waals surface area (Å²) in [6.45, 7) is 2.31. The lowest BCUT2D eigenvalue weighted by molar-refractivity contribution is 0.481. The van der Waals surface area contributed by atoms with Crippen molar-refractivity contribution in [2.24, 2.45) is 0 Å². The fourth-order valence-corrected chi connectivity index (χ4v) is 9.17. The minimum Gasteiger partial charge on any atom is -0.282 e. The molecule has 318 valence electrons. The summed E-state index contributed by atoms with van der Waals surface area (Å²) < 4.78 is 32.4. The van der Waals surface area contributed by atoms with Gasteiger partial charge in [-0.15, -0.1) is 0 Å². The maximum Gasteiger partial charge on any atom is 0.294 e. The highest BCUT2D eigenvalue weighted by atomic mass is 32.2. The first-order valence-electron chi connectivity index (χ1n) is 24.6. The summed E-state index contributed by atoms with van der Waals surface area (Å²) in [4.78, 5) is 0.0713. The Kier molecular flexibility index (Phi) is 38.2. The molecule has 0 heterocycles. The molecule has 54 heavy (non-hydrogen) atoms. The lowest BCUT2D eigenvalue weighted by Gasteiger charge is -2.07. The Morgan fingerprint density at radius 3 is 0.759 bits per heavy atom. The third kappa shape index (κ3) is 35.5. The van der Waals surface area contributed by atoms with Crippen LogP contribution >= 0.6 is 0 Å². The van der Waals surface area contributed by atoms with Gasteiger partial charge in [0, 0.05) is 0 Å². The van der Waals surface area contributed by atoms with E-state index in [1.54, 1.807) is 6.07 Å². The van der Waals surface area contributed by atoms with Gasteiger partial charge in [-0.05, 0) is 24.5 Å². The summed E-state index contributed by atoms with van der Waals surface area (Å²) in [7, 11) is -4.12. The second kappa shape index (κ2) is 40.3. The molecule has 3 nitrogen and oxygen atoms in total. The quantitative estimate of drug-likeness (QED) is 0.0531. The largest absolute Gasteiger partial charge is 0.294 e. The molecule has 0 saturated heterocycles. The van der Waals surface area contributed by atoms with Crippen molar-refractivity contribution in [2.45, 2.75) is 288 Å². The Morgan fingerprint density at radius 2 is 0.537 bits per heavy atom. The minimum atomic E-state index is -4.12. The third-order valence-corrected chi connectivity index (χ3v) is 13.0. The van der Waals surface area contributed by atoms with Gasteiger partial charge in [0.25, 0.3) is 10.1 Å². The van der Waals surface area contributed by atoms with E-state index in [9.17, 15) is 13.0 Å². The fourth-order valence-electron chi connectivity index (χ4n) is 8.42. The predicted molar refractivity (Wildman–Crippen MR) is 240 cm³/mol. The van der Waals surface area contributed by atoms with Crippen LogP contribution in [-0.2, 0) is 16.5 Å². The van der Waals surface area contributed by atoms with Gasteiger partial charge in [-0.25, -0.2) is 0 Å². The van der Waals surface area contributed by atoms with Gasteiger partial charge in [-0.3, -0.25) is 4.55 Å². The number of benzene rings is 1. The normalized spacial score (nSPS) is 11.9. The van der Waals surface area contributed by atoms with E-state index in [2.05, 4.69) is 6.92 Å². The molecule has 0 amide bonds. The Labute approximate surface area is 339 Å². The molecule has 0 bridgehead atoms. The molecule has 0 unspecified atom stereocenters. The topological polar surface area (TPSA) is 54.4 Å². The summed E-state index contributed by atoms with van der Waals surface area (Å²) in [6, 6.07) is 6.82. The van der Waals surface area contributed by atoms with E-state index in [0.717, 1.165) is 24.8 Å². The molecule has 0 radical (unpaired) electrons. The van der Waals surface area contributed by atoms with Crippen molar-refractivity contribution in [3.05, 3.63) is 29.8 Å². The Balaban J connectivity index is 1.66. The van der Waals surface area contributed by atoms with Crippen molar-refractivity contribution >= 4 is 10.1 Å². The van der Waals surface area contributed by atoms with Crippen molar-refractivity contribution in [1.29, 1.82) is 0 Å². The van der Waals surface area contributed by atoms with E-state index in [0.29, 0.717) is 0 Å². The van der Waals surface area contributed by atoms with Gasteiger partial charge in [-0.1, -0.05) is 288 Å². The van der Waals surface area contributed by atoms with Crippen molar-refractivity contribution < 1.29 is 13.0 Å². The second-order valence-electron chi connectivity index (χ2n) is 17.3. The third-order valence-electron chi connectivity index (χ3n) is 12.1. The first kappa shape index (κ1) is 51.1. The average molecular weight is 775 g/mol. The maximum absolute atomic E-state index is 11.5. The number of hydrogen-bond acceptors (Lipinski definition) is 2. The molecule has 4 heteroatoms. The van der Waals surface area contributed by atoms with Crippen molar-refractivity contribution in [2.75, 3.05) is 0 Å². The SMILES string of the molecule is CCCCCCCCCCCCCCCCCCCCCCCCCCCCCCCCCCCCCCCCCCCCc1ccccc1S(=O)(=O)O. The summed E-state index contributed by atoms with van der Waals surface area (Å²) in [5, 5.41) is 0. The summed E-state index contributed by atoms with van der Waals surface area (Å²) in [5.74, 6) is 0. The van der Waals surface area contributed by atoms with E-state index in [-0.39, 0.29) is 4.90 Å². The molecule has 1 rings (SSSR count). The van der Waals surface area contributed by atoms with Gasteiger partial charge < -0.3 is 0 Å². The molecule has 1 N–H and O–H groups in total. The summed E-state index contributed by atoms with van der Waals surface area (Å²) in [5.41, 5.74) is 0.738. The van der Waals surface area contributed by atoms with Crippen LogP contribution in [0.4, 0.5) is 0 Å². The smallest absolute Gasteiger partial charge is 0.282 e. The zero-order valence-electron chi connectivity index (χ0n) is 36.4. The highest BCUT2D eigenvalue weighted by molar-refractivity contribution is 7.85. The predicted octanol–water partition coefficient (Wildman–Crippen LogP) is 17.9. The summed E-state index contributed by atoms with van der Waals surface area (Å²) in [6.07, 6.45) is 60.5. The Hall–Kier alpha value is -0.870. The first-order valence-corrected chi connectivity index (χ1v) is 26.0. The zero-order valence-corrected chi connectivity index (χ0v) is 37.2. The molecule has 0 aliphatic carbocycles. The molecule has 0 aliphatic rings. The van der Waals surface area contributed by atoms with Crippen molar-refractivity contribution in [3.8, 4) is 0 Å². The molecular weight excluding hydrogens is 681 g/mol. The standard InChI is InChI=1S/C50H94O3S/c1-2-3-4-5-6-7-8-9-10-11-12-13-14-15-16-17-18-19-20-21-22-23-24-25-26-27-28-29-30-31-32-33-34-35-36-37-38-39-40-41-42-43-46-49-47-44-45-48-50(49)54(51,52)53/h44-45,47-48H,2-43,46H2,1H3,(H,51,52,53). The summed E-state index contributed by atoms with van der Waals surface area (Å²) >= 11 is 0. The lowest BCUT2D eigenvalue weighted by Crippen LogP contribution is -2.03. The van der Waals surface area contributed by atoms with Crippen LogP contribution in [0.3, 0.4) is 0 Å². The van der Waals surface area contributed by atoms with Crippen molar-refractivity contribution in [1.82, 2.24) is 0 Å². The van der Waals surface area contributed by atoms with Crippen LogP contribution < -0.4 is 0 Å². The van der Waals surface area contributed by atoms with Gasteiger partial charge in [0.15, 0.2) is 0 Å². The highest BCUT2D eigenvalue weighted by Crippen LogP contribution is 2.20. The van der Waals surface area contributed by atoms with Crippen LogP contribution in [0.5, 0.6) is 0 Å². The first-order chi connectivity index (χ1) is 26.6.